The third-order valence-electron chi connectivity index (χ3n) is 4.66. The molecule has 0 radical (unpaired) electrons. The minimum absolute atomic E-state index is 0.0132. The van der Waals surface area contributed by atoms with E-state index in [1.807, 2.05) is 42.5 Å². The fourth-order valence-electron chi connectivity index (χ4n) is 3.03. The van der Waals surface area contributed by atoms with Crippen LogP contribution in [0.4, 0.5) is 0 Å². The molecule has 1 aliphatic rings. The maximum Gasteiger partial charge on any atom is 0.251 e. The molecule has 1 fully saturated rings. The maximum atomic E-state index is 12.3. The number of ether oxygens (including phenoxy) is 1. The van der Waals surface area contributed by atoms with Crippen molar-refractivity contribution in [3.8, 4) is 0 Å². The summed E-state index contributed by atoms with van der Waals surface area (Å²) < 4.78 is 5.37. The van der Waals surface area contributed by atoms with E-state index in [0.29, 0.717) is 18.0 Å². The molecule has 2 aromatic rings. The number of nitrogens with zero attached hydrogens (tertiary/aromatic N) is 1. The van der Waals surface area contributed by atoms with E-state index in [2.05, 4.69) is 29.3 Å². The predicted octanol–water partition coefficient (Wildman–Crippen LogP) is 3.05. The molecule has 0 aliphatic carbocycles. The average molecular weight is 338 g/mol. The van der Waals surface area contributed by atoms with Crippen molar-refractivity contribution in [3.63, 3.8) is 0 Å². The van der Waals surface area contributed by atoms with Crippen molar-refractivity contribution in [2.24, 2.45) is 0 Å². The zero-order valence-corrected chi connectivity index (χ0v) is 14.8. The molecule has 0 saturated carbocycles. The summed E-state index contributed by atoms with van der Waals surface area (Å²) in [6, 6.07) is 18.2. The number of carbonyl (C=O) groups is 1. The number of hydrogen-bond donors (Lipinski definition) is 1. The first-order valence-electron chi connectivity index (χ1n) is 8.94. The molecule has 1 saturated heterocycles. The highest BCUT2D eigenvalue weighted by molar-refractivity contribution is 5.94. The minimum Gasteiger partial charge on any atom is -0.379 e. The molecule has 1 aliphatic heterocycles. The maximum absolute atomic E-state index is 12.3. The van der Waals surface area contributed by atoms with Gasteiger partial charge in [0.1, 0.15) is 0 Å². The van der Waals surface area contributed by atoms with Gasteiger partial charge in [0.25, 0.3) is 5.91 Å². The lowest BCUT2D eigenvalue weighted by molar-refractivity contribution is 0.0342. The van der Waals surface area contributed by atoms with Crippen molar-refractivity contribution in [3.05, 3.63) is 71.3 Å². The van der Waals surface area contributed by atoms with Crippen LogP contribution < -0.4 is 5.32 Å². The van der Waals surface area contributed by atoms with Gasteiger partial charge in [-0.3, -0.25) is 9.69 Å². The van der Waals surface area contributed by atoms with Crippen LogP contribution in [0.25, 0.3) is 0 Å². The van der Waals surface area contributed by atoms with E-state index in [0.717, 1.165) is 32.8 Å². The molecule has 132 valence electrons. The molecule has 4 nitrogen and oxygen atoms in total. The van der Waals surface area contributed by atoms with Crippen LogP contribution in [0.1, 0.15) is 34.3 Å². The van der Waals surface area contributed by atoms with Crippen molar-refractivity contribution in [2.75, 3.05) is 32.8 Å². The molecule has 1 N–H and O–H groups in total. The van der Waals surface area contributed by atoms with E-state index < -0.39 is 0 Å². The second-order valence-electron chi connectivity index (χ2n) is 6.61. The third kappa shape index (κ3) is 5.15. The Morgan fingerprint density at radius 1 is 1.08 bits per heavy atom. The van der Waals surface area contributed by atoms with Gasteiger partial charge in [-0.05, 0) is 29.2 Å². The van der Waals surface area contributed by atoms with Crippen molar-refractivity contribution in [2.45, 2.75) is 19.4 Å². The van der Waals surface area contributed by atoms with Crippen LogP contribution in [-0.2, 0) is 11.3 Å². The number of amides is 1. The minimum atomic E-state index is -0.0132. The van der Waals surface area contributed by atoms with E-state index in [9.17, 15) is 4.79 Å². The third-order valence-corrected chi connectivity index (χ3v) is 4.66. The molecule has 1 unspecified atom stereocenters. The SMILES string of the molecule is CC(CNC(=O)c1ccc(CN2CCOCC2)cc1)c1ccccc1. The summed E-state index contributed by atoms with van der Waals surface area (Å²) in [5.74, 6) is 0.284. The van der Waals surface area contributed by atoms with Gasteiger partial charge in [0, 0.05) is 31.7 Å². The smallest absolute Gasteiger partial charge is 0.251 e. The van der Waals surface area contributed by atoms with Gasteiger partial charge in [-0.25, -0.2) is 0 Å². The molecule has 3 rings (SSSR count). The fourth-order valence-corrected chi connectivity index (χ4v) is 3.03. The van der Waals surface area contributed by atoms with Gasteiger partial charge in [0.05, 0.1) is 13.2 Å². The molecule has 1 atom stereocenters. The van der Waals surface area contributed by atoms with Crippen molar-refractivity contribution in [1.82, 2.24) is 10.2 Å². The molecule has 0 aromatic heterocycles. The van der Waals surface area contributed by atoms with E-state index in [1.54, 1.807) is 0 Å². The highest BCUT2D eigenvalue weighted by Gasteiger charge is 2.12. The van der Waals surface area contributed by atoms with Crippen LogP contribution in [0.15, 0.2) is 54.6 Å². The van der Waals surface area contributed by atoms with Crippen molar-refractivity contribution in [1.29, 1.82) is 0 Å². The van der Waals surface area contributed by atoms with Crippen molar-refractivity contribution >= 4 is 5.91 Å². The van der Waals surface area contributed by atoms with Gasteiger partial charge in [0.15, 0.2) is 0 Å². The molecule has 0 spiro atoms. The van der Waals surface area contributed by atoms with Crippen LogP contribution in [0.2, 0.25) is 0 Å². The lowest BCUT2D eigenvalue weighted by atomic mass is 10.0. The molecule has 25 heavy (non-hydrogen) atoms. The zero-order valence-electron chi connectivity index (χ0n) is 14.8. The standard InChI is InChI=1S/C21H26N2O2/c1-17(19-5-3-2-4-6-19)15-22-21(24)20-9-7-18(8-10-20)16-23-11-13-25-14-12-23/h2-10,17H,11-16H2,1H3,(H,22,24). The van der Waals surface area contributed by atoms with Gasteiger partial charge in [-0.1, -0.05) is 49.4 Å². The summed E-state index contributed by atoms with van der Waals surface area (Å²) in [5.41, 5.74) is 3.19. The quantitative estimate of drug-likeness (QED) is 0.880. The molecular formula is C21H26N2O2. The fraction of sp³-hybridized carbons (Fsp3) is 0.381. The Bertz CT molecular complexity index is 664. The van der Waals surface area contributed by atoms with Gasteiger partial charge in [-0.2, -0.15) is 0 Å². The normalized spacial score (nSPS) is 16.4. The molecule has 0 bridgehead atoms. The van der Waals surface area contributed by atoms with Gasteiger partial charge in [-0.15, -0.1) is 0 Å². The van der Waals surface area contributed by atoms with Crippen LogP contribution in [-0.4, -0.2) is 43.7 Å². The van der Waals surface area contributed by atoms with Crippen LogP contribution in [0.5, 0.6) is 0 Å². The monoisotopic (exact) mass is 338 g/mol. The van der Waals surface area contributed by atoms with Crippen LogP contribution in [0.3, 0.4) is 0 Å². The van der Waals surface area contributed by atoms with Gasteiger partial charge < -0.3 is 10.1 Å². The zero-order chi connectivity index (χ0) is 17.5. The Morgan fingerprint density at radius 2 is 1.76 bits per heavy atom. The van der Waals surface area contributed by atoms with E-state index in [-0.39, 0.29) is 5.91 Å². The summed E-state index contributed by atoms with van der Waals surface area (Å²) in [6.07, 6.45) is 0. The Balaban J connectivity index is 1.50. The van der Waals surface area contributed by atoms with Crippen LogP contribution >= 0.6 is 0 Å². The number of rotatable bonds is 6. The summed E-state index contributed by atoms with van der Waals surface area (Å²) in [7, 11) is 0. The lowest BCUT2D eigenvalue weighted by Gasteiger charge is -2.26. The first-order valence-corrected chi connectivity index (χ1v) is 8.94. The number of benzene rings is 2. The molecule has 1 heterocycles. The highest BCUT2D eigenvalue weighted by Crippen LogP contribution is 2.14. The van der Waals surface area contributed by atoms with Crippen molar-refractivity contribution < 1.29 is 9.53 Å². The topological polar surface area (TPSA) is 41.6 Å². The second kappa shape index (κ2) is 8.79. The van der Waals surface area contributed by atoms with E-state index in [1.165, 1.54) is 11.1 Å². The van der Waals surface area contributed by atoms with Crippen LogP contribution in [0, 0.1) is 0 Å². The van der Waals surface area contributed by atoms with E-state index >= 15 is 0 Å². The molecule has 4 heteroatoms. The number of nitrogens with one attached hydrogen (secondary N) is 1. The summed E-state index contributed by atoms with van der Waals surface area (Å²) in [4.78, 5) is 14.7. The Labute approximate surface area is 149 Å². The summed E-state index contributed by atoms with van der Waals surface area (Å²) in [5, 5.41) is 3.03. The summed E-state index contributed by atoms with van der Waals surface area (Å²) >= 11 is 0. The largest absolute Gasteiger partial charge is 0.379 e. The number of morpholine rings is 1. The Hall–Kier alpha value is -2.17. The highest BCUT2D eigenvalue weighted by atomic mass is 16.5. The lowest BCUT2D eigenvalue weighted by Crippen LogP contribution is -2.35. The number of hydrogen-bond acceptors (Lipinski definition) is 3. The Morgan fingerprint density at radius 3 is 2.44 bits per heavy atom. The first-order chi connectivity index (χ1) is 12.2. The summed E-state index contributed by atoms with van der Waals surface area (Å²) in [6.45, 7) is 7.23. The Kier molecular flexibility index (Phi) is 6.20. The average Bonchev–Trinajstić information content (AvgIpc) is 2.68. The predicted molar refractivity (Wildman–Crippen MR) is 99.7 cm³/mol. The first kappa shape index (κ1) is 17.6. The molecule has 1 amide bonds. The van der Waals surface area contributed by atoms with Gasteiger partial charge >= 0.3 is 0 Å². The molecule has 2 aromatic carbocycles. The van der Waals surface area contributed by atoms with Gasteiger partial charge in [0.2, 0.25) is 0 Å². The second-order valence-corrected chi connectivity index (χ2v) is 6.61. The molecular weight excluding hydrogens is 312 g/mol. The number of carbonyl (C=O) groups excluding carboxylic acids is 1. The van der Waals surface area contributed by atoms with E-state index in [4.69, 9.17) is 4.74 Å².